The molecular weight excluding hydrogens is 372 g/mol. The molecule has 0 radical (unpaired) electrons. The smallest absolute Gasteiger partial charge is 0.244 e. The number of benzene rings is 1. The molecular formula is C18H23BrN2OS. The number of nitrogens with zero attached hydrogens (tertiary/aromatic N) is 2. The lowest BCUT2D eigenvalue weighted by Gasteiger charge is -2.32. The summed E-state index contributed by atoms with van der Waals surface area (Å²) in [5, 5.41) is 0. The van der Waals surface area contributed by atoms with E-state index in [-0.39, 0.29) is 11.9 Å². The van der Waals surface area contributed by atoms with E-state index < -0.39 is 0 Å². The summed E-state index contributed by atoms with van der Waals surface area (Å²) in [5.41, 5.74) is 1.06. The van der Waals surface area contributed by atoms with Gasteiger partial charge in [0.05, 0.1) is 10.3 Å². The maximum Gasteiger partial charge on any atom is 0.244 e. The minimum absolute atomic E-state index is 0.143. The van der Waals surface area contributed by atoms with E-state index in [4.69, 9.17) is 0 Å². The van der Waals surface area contributed by atoms with Crippen LogP contribution in [0.15, 0.2) is 46.3 Å². The summed E-state index contributed by atoms with van der Waals surface area (Å²) in [7, 11) is 1.88. The molecule has 0 saturated heterocycles. The van der Waals surface area contributed by atoms with Gasteiger partial charge in [-0.3, -0.25) is 9.69 Å². The van der Waals surface area contributed by atoms with Crippen molar-refractivity contribution in [3.8, 4) is 0 Å². The van der Waals surface area contributed by atoms with E-state index in [9.17, 15) is 4.79 Å². The number of thiophene rings is 1. The summed E-state index contributed by atoms with van der Waals surface area (Å²) in [6, 6.07) is 13.9. The Morgan fingerprint density at radius 2 is 1.78 bits per heavy atom. The van der Waals surface area contributed by atoms with Crippen LogP contribution in [-0.4, -0.2) is 35.8 Å². The second-order valence-corrected chi connectivity index (χ2v) is 7.98. The van der Waals surface area contributed by atoms with Gasteiger partial charge in [-0.15, -0.1) is 11.3 Å². The Bertz CT molecular complexity index is 625. The predicted octanol–water partition coefficient (Wildman–Crippen LogP) is 4.55. The second kappa shape index (κ2) is 8.62. The molecule has 1 heterocycles. The third-order valence-electron chi connectivity index (χ3n) is 3.92. The summed E-state index contributed by atoms with van der Waals surface area (Å²) in [4.78, 5) is 18.3. The monoisotopic (exact) mass is 394 g/mol. The highest BCUT2D eigenvalue weighted by atomic mass is 79.9. The first kappa shape index (κ1) is 18.2. The van der Waals surface area contributed by atoms with Crippen LogP contribution in [0.5, 0.6) is 0 Å². The lowest BCUT2D eigenvalue weighted by atomic mass is 10.0. The fourth-order valence-electron chi connectivity index (χ4n) is 2.69. The largest absolute Gasteiger partial charge is 0.339 e. The fraction of sp³-hybridized carbons (Fsp3) is 0.389. The molecule has 0 saturated carbocycles. The minimum atomic E-state index is -0.223. The van der Waals surface area contributed by atoms with Crippen molar-refractivity contribution in [2.45, 2.75) is 26.4 Å². The van der Waals surface area contributed by atoms with Crippen LogP contribution in [-0.2, 0) is 11.3 Å². The molecule has 0 N–H and O–H groups in total. The number of amides is 1. The molecule has 1 aromatic carbocycles. The SMILES string of the molecule is CCN(CC)C(C(=O)N(C)Cc1ccc(Br)s1)c1ccccc1. The van der Waals surface area contributed by atoms with E-state index in [1.807, 2.05) is 48.3 Å². The van der Waals surface area contributed by atoms with Gasteiger partial charge >= 0.3 is 0 Å². The van der Waals surface area contributed by atoms with Crippen molar-refractivity contribution in [3.05, 3.63) is 56.7 Å². The van der Waals surface area contributed by atoms with Gasteiger partial charge < -0.3 is 4.90 Å². The Labute approximate surface area is 151 Å². The van der Waals surface area contributed by atoms with Crippen LogP contribution in [0.1, 0.15) is 30.3 Å². The third kappa shape index (κ3) is 4.66. The molecule has 0 fully saturated rings. The average Bonchev–Trinajstić information content (AvgIpc) is 2.97. The van der Waals surface area contributed by atoms with Crippen molar-refractivity contribution < 1.29 is 4.79 Å². The number of hydrogen-bond donors (Lipinski definition) is 0. The van der Waals surface area contributed by atoms with E-state index in [0.29, 0.717) is 6.54 Å². The standard InChI is InChI=1S/C18H23BrN2OS/c1-4-21(5-2)17(14-9-7-6-8-10-14)18(22)20(3)13-15-11-12-16(19)23-15/h6-12,17H,4-5,13H2,1-3H3. The number of carbonyl (C=O) groups is 1. The van der Waals surface area contributed by atoms with Crippen molar-refractivity contribution in [1.29, 1.82) is 0 Å². The molecule has 2 aromatic rings. The van der Waals surface area contributed by atoms with Gasteiger partial charge in [-0.1, -0.05) is 44.2 Å². The zero-order chi connectivity index (χ0) is 16.8. The Hall–Kier alpha value is -1.17. The number of likely N-dealkylation sites (N-methyl/N-ethyl adjacent to an activating group) is 2. The maximum atomic E-state index is 13.1. The van der Waals surface area contributed by atoms with Crippen LogP contribution in [0, 0.1) is 0 Å². The molecule has 5 heteroatoms. The molecule has 0 aliphatic carbocycles. The summed E-state index contributed by atoms with van der Waals surface area (Å²) in [6.07, 6.45) is 0. The number of carbonyl (C=O) groups excluding carboxylic acids is 1. The van der Waals surface area contributed by atoms with Gasteiger partial charge in [0.1, 0.15) is 6.04 Å². The van der Waals surface area contributed by atoms with Crippen LogP contribution < -0.4 is 0 Å². The highest BCUT2D eigenvalue weighted by Gasteiger charge is 2.28. The average molecular weight is 395 g/mol. The maximum absolute atomic E-state index is 13.1. The van der Waals surface area contributed by atoms with E-state index in [1.54, 1.807) is 11.3 Å². The number of halogens is 1. The van der Waals surface area contributed by atoms with Gasteiger partial charge in [0, 0.05) is 11.9 Å². The lowest BCUT2D eigenvalue weighted by Crippen LogP contribution is -2.41. The van der Waals surface area contributed by atoms with Crippen molar-refractivity contribution in [3.63, 3.8) is 0 Å². The lowest BCUT2D eigenvalue weighted by molar-refractivity contribution is -0.136. The van der Waals surface area contributed by atoms with Crippen LogP contribution >= 0.6 is 27.3 Å². The van der Waals surface area contributed by atoms with Gasteiger partial charge in [-0.2, -0.15) is 0 Å². The van der Waals surface area contributed by atoms with Gasteiger partial charge in [-0.05, 0) is 46.7 Å². The normalized spacial score (nSPS) is 12.4. The fourth-order valence-corrected chi connectivity index (χ4v) is 4.23. The van der Waals surface area contributed by atoms with E-state index >= 15 is 0 Å². The first-order valence-corrected chi connectivity index (χ1v) is 9.46. The Kier molecular flexibility index (Phi) is 6.81. The highest BCUT2D eigenvalue weighted by Crippen LogP contribution is 2.26. The topological polar surface area (TPSA) is 23.6 Å². The molecule has 1 atom stereocenters. The molecule has 0 aliphatic heterocycles. The minimum Gasteiger partial charge on any atom is -0.339 e. The zero-order valence-corrected chi connectivity index (χ0v) is 16.2. The molecule has 1 aromatic heterocycles. The first-order valence-electron chi connectivity index (χ1n) is 7.85. The summed E-state index contributed by atoms with van der Waals surface area (Å²) >= 11 is 5.15. The van der Waals surface area contributed by atoms with Crippen LogP contribution in [0.2, 0.25) is 0 Å². The molecule has 0 aliphatic rings. The third-order valence-corrected chi connectivity index (χ3v) is 5.53. The molecule has 23 heavy (non-hydrogen) atoms. The molecule has 1 unspecified atom stereocenters. The van der Waals surface area contributed by atoms with E-state index in [0.717, 1.165) is 22.4 Å². The van der Waals surface area contributed by atoms with Gasteiger partial charge in [-0.25, -0.2) is 0 Å². The highest BCUT2D eigenvalue weighted by molar-refractivity contribution is 9.11. The van der Waals surface area contributed by atoms with E-state index in [1.165, 1.54) is 4.88 Å². The van der Waals surface area contributed by atoms with Gasteiger partial charge in [0.15, 0.2) is 0 Å². The first-order chi connectivity index (χ1) is 11.1. The Morgan fingerprint density at radius 1 is 1.13 bits per heavy atom. The molecule has 2 rings (SSSR count). The van der Waals surface area contributed by atoms with Gasteiger partial charge in [0.2, 0.25) is 5.91 Å². The zero-order valence-electron chi connectivity index (χ0n) is 13.8. The van der Waals surface area contributed by atoms with Crippen molar-refractivity contribution in [2.24, 2.45) is 0 Å². The van der Waals surface area contributed by atoms with Crippen LogP contribution in [0.25, 0.3) is 0 Å². The molecule has 0 bridgehead atoms. The summed E-state index contributed by atoms with van der Waals surface area (Å²) < 4.78 is 1.09. The molecule has 0 spiro atoms. The van der Waals surface area contributed by atoms with Crippen molar-refractivity contribution in [2.75, 3.05) is 20.1 Å². The molecule has 1 amide bonds. The molecule has 3 nitrogen and oxygen atoms in total. The number of hydrogen-bond acceptors (Lipinski definition) is 3. The van der Waals surface area contributed by atoms with Crippen LogP contribution in [0.3, 0.4) is 0 Å². The molecule has 124 valence electrons. The summed E-state index contributed by atoms with van der Waals surface area (Å²) in [6.45, 7) is 6.53. The predicted molar refractivity (Wildman–Crippen MR) is 101 cm³/mol. The van der Waals surface area contributed by atoms with Crippen LogP contribution in [0.4, 0.5) is 0 Å². The summed E-state index contributed by atoms with van der Waals surface area (Å²) in [5.74, 6) is 0.143. The van der Waals surface area contributed by atoms with Crippen molar-refractivity contribution >= 4 is 33.2 Å². The Morgan fingerprint density at radius 3 is 2.30 bits per heavy atom. The number of rotatable bonds is 7. The second-order valence-electron chi connectivity index (χ2n) is 5.43. The van der Waals surface area contributed by atoms with Gasteiger partial charge in [0.25, 0.3) is 0 Å². The quantitative estimate of drug-likeness (QED) is 0.687. The Balaban J connectivity index is 2.21. The van der Waals surface area contributed by atoms with E-state index in [2.05, 4.69) is 40.7 Å². The van der Waals surface area contributed by atoms with Crippen molar-refractivity contribution in [1.82, 2.24) is 9.80 Å².